The molecular weight excluding hydrogens is 280 g/mol. The highest BCUT2D eigenvalue weighted by molar-refractivity contribution is 7.15. The number of fused-ring (bicyclic) bond motifs is 1. The molecule has 0 aliphatic rings. The van der Waals surface area contributed by atoms with Gasteiger partial charge in [-0.05, 0) is 17.4 Å². The molecule has 108 valence electrons. The molecule has 0 atom stereocenters. The highest BCUT2D eigenvalue weighted by Crippen LogP contribution is 2.30. The molecule has 2 heterocycles. The second-order valence-corrected chi connectivity index (χ2v) is 6.71. The van der Waals surface area contributed by atoms with Crippen molar-refractivity contribution in [2.24, 2.45) is 0 Å². The van der Waals surface area contributed by atoms with Gasteiger partial charge in [-0.25, -0.2) is 4.98 Å². The van der Waals surface area contributed by atoms with Gasteiger partial charge in [0.1, 0.15) is 11.4 Å². The van der Waals surface area contributed by atoms with Crippen molar-refractivity contribution in [3.8, 4) is 11.3 Å². The summed E-state index contributed by atoms with van der Waals surface area (Å²) >= 11 is 1.54. The van der Waals surface area contributed by atoms with Crippen LogP contribution < -0.4 is 0 Å². The third-order valence-electron chi connectivity index (χ3n) is 4.23. The molecule has 0 bridgehead atoms. The summed E-state index contributed by atoms with van der Waals surface area (Å²) < 4.78 is 1.84. The Balaban J connectivity index is 2.07. The van der Waals surface area contributed by atoms with Gasteiger partial charge in [0.15, 0.2) is 11.2 Å². The van der Waals surface area contributed by atoms with E-state index in [-0.39, 0.29) is 5.41 Å². The fraction of sp³-hybridized carbons (Fsp3) is 0.294. The molecule has 0 amide bonds. The van der Waals surface area contributed by atoms with E-state index in [0.29, 0.717) is 5.69 Å². The Hall–Kier alpha value is -1.94. The van der Waals surface area contributed by atoms with Gasteiger partial charge in [-0.3, -0.25) is 9.20 Å². The van der Waals surface area contributed by atoms with Gasteiger partial charge in [0.05, 0.1) is 0 Å². The van der Waals surface area contributed by atoms with Crippen LogP contribution in [0.2, 0.25) is 0 Å². The van der Waals surface area contributed by atoms with Gasteiger partial charge >= 0.3 is 0 Å². The smallest absolute Gasteiger partial charge is 0.194 e. The van der Waals surface area contributed by atoms with Crippen molar-refractivity contribution in [2.45, 2.75) is 32.6 Å². The number of hydrogen-bond donors (Lipinski definition) is 0. The topological polar surface area (TPSA) is 34.4 Å². The zero-order chi connectivity index (χ0) is 15.0. The minimum Gasteiger partial charge on any atom is -0.296 e. The van der Waals surface area contributed by atoms with E-state index in [2.05, 4.69) is 50.0 Å². The van der Waals surface area contributed by atoms with Gasteiger partial charge in [0, 0.05) is 17.1 Å². The summed E-state index contributed by atoms with van der Waals surface area (Å²) in [5.74, 6) is 0. The normalized spacial score (nSPS) is 12.0. The number of carbonyl (C=O) groups excluding carboxylic acids is 1. The lowest BCUT2D eigenvalue weighted by atomic mass is 9.82. The number of benzene rings is 1. The summed E-state index contributed by atoms with van der Waals surface area (Å²) in [6.45, 7) is 6.68. The first-order valence-electron chi connectivity index (χ1n) is 7.08. The molecule has 0 unspecified atom stereocenters. The molecule has 0 saturated carbocycles. The maximum Gasteiger partial charge on any atom is 0.194 e. The lowest BCUT2D eigenvalue weighted by Gasteiger charge is -2.23. The Morgan fingerprint density at radius 2 is 2.00 bits per heavy atom. The zero-order valence-corrected chi connectivity index (χ0v) is 13.3. The molecule has 3 rings (SSSR count). The molecule has 0 saturated heterocycles. The first-order chi connectivity index (χ1) is 10.1. The minimum absolute atomic E-state index is 0.167. The quantitative estimate of drug-likeness (QED) is 0.662. The third-order valence-corrected chi connectivity index (χ3v) is 4.99. The van der Waals surface area contributed by atoms with Crippen molar-refractivity contribution >= 4 is 22.6 Å². The minimum atomic E-state index is 0.167. The molecule has 1 aromatic carbocycles. The average molecular weight is 298 g/mol. The van der Waals surface area contributed by atoms with Crippen molar-refractivity contribution in [3.63, 3.8) is 0 Å². The Kier molecular flexibility index (Phi) is 3.41. The fourth-order valence-electron chi connectivity index (χ4n) is 2.41. The Morgan fingerprint density at radius 1 is 1.29 bits per heavy atom. The standard InChI is InChI=1S/C17H18N2OS/c1-4-17(2,3)13-7-5-12(6-8-13)15-14(11-20)19-9-10-21-16(19)18-15/h5-11H,4H2,1-3H3. The summed E-state index contributed by atoms with van der Waals surface area (Å²) in [4.78, 5) is 16.8. The molecule has 21 heavy (non-hydrogen) atoms. The molecule has 0 aliphatic carbocycles. The van der Waals surface area contributed by atoms with Crippen LogP contribution in [0, 0.1) is 0 Å². The molecule has 0 aliphatic heterocycles. The number of imidazole rings is 1. The highest BCUT2D eigenvalue weighted by atomic mass is 32.1. The van der Waals surface area contributed by atoms with Crippen LogP contribution in [0.1, 0.15) is 43.2 Å². The third kappa shape index (κ3) is 2.29. The first-order valence-corrected chi connectivity index (χ1v) is 7.96. The van der Waals surface area contributed by atoms with Gasteiger partial charge in [0.2, 0.25) is 0 Å². The van der Waals surface area contributed by atoms with Crippen molar-refractivity contribution in [1.29, 1.82) is 0 Å². The van der Waals surface area contributed by atoms with Crippen LogP contribution in [0.25, 0.3) is 16.2 Å². The van der Waals surface area contributed by atoms with Crippen LogP contribution in [0.15, 0.2) is 35.8 Å². The maximum atomic E-state index is 11.4. The highest BCUT2D eigenvalue weighted by Gasteiger charge is 2.19. The van der Waals surface area contributed by atoms with Gasteiger partial charge in [-0.15, -0.1) is 11.3 Å². The molecule has 2 aromatic heterocycles. The van der Waals surface area contributed by atoms with Crippen LogP contribution in [0.3, 0.4) is 0 Å². The molecular formula is C17H18N2OS. The van der Waals surface area contributed by atoms with E-state index in [4.69, 9.17) is 0 Å². The van der Waals surface area contributed by atoms with Crippen molar-refractivity contribution in [2.75, 3.05) is 0 Å². The molecule has 3 aromatic rings. The van der Waals surface area contributed by atoms with Crippen LogP contribution in [0.5, 0.6) is 0 Å². The average Bonchev–Trinajstić information content (AvgIpc) is 3.07. The van der Waals surface area contributed by atoms with Gasteiger partial charge in [-0.2, -0.15) is 0 Å². The molecule has 0 N–H and O–H groups in total. The summed E-state index contributed by atoms with van der Waals surface area (Å²) in [7, 11) is 0. The molecule has 0 radical (unpaired) electrons. The maximum absolute atomic E-state index is 11.4. The van der Waals surface area contributed by atoms with E-state index >= 15 is 0 Å². The lowest BCUT2D eigenvalue weighted by molar-refractivity contribution is 0.111. The van der Waals surface area contributed by atoms with Gasteiger partial charge < -0.3 is 0 Å². The SMILES string of the molecule is CCC(C)(C)c1ccc(-c2nc3sccn3c2C=O)cc1. The van der Waals surface area contributed by atoms with Crippen LogP contribution >= 0.6 is 11.3 Å². The summed E-state index contributed by atoms with van der Waals surface area (Å²) in [6, 6.07) is 8.40. The predicted octanol–water partition coefficient (Wildman–Crippen LogP) is 4.56. The van der Waals surface area contributed by atoms with Gasteiger partial charge in [-0.1, -0.05) is 45.0 Å². The second-order valence-electron chi connectivity index (χ2n) is 5.83. The number of hydrogen-bond acceptors (Lipinski definition) is 3. The Morgan fingerprint density at radius 3 is 2.62 bits per heavy atom. The summed E-state index contributed by atoms with van der Waals surface area (Å²) in [6.07, 6.45) is 3.85. The monoisotopic (exact) mass is 298 g/mol. The number of thiazole rings is 1. The summed E-state index contributed by atoms with van der Waals surface area (Å²) in [5.41, 5.74) is 3.85. The first kappa shape index (κ1) is 14.0. The van der Waals surface area contributed by atoms with E-state index < -0.39 is 0 Å². The largest absolute Gasteiger partial charge is 0.296 e. The van der Waals surface area contributed by atoms with Crippen molar-refractivity contribution < 1.29 is 4.79 Å². The van der Waals surface area contributed by atoms with E-state index in [1.165, 1.54) is 16.9 Å². The van der Waals surface area contributed by atoms with Gasteiger partial charge in [0.25, 0.3) is 0 Å². The fourth-order valence-corrected chi connectivity index (χ4v) is 3.13. The van der Waals surface area contributed by atoms with Crippen molar-refractivity contribution in [1.82, 2.24) is 9.38 Å². The summed E-state index contributed by atoms with van der Waals surface area (Å²) in [5, 5.41) is 1.94. The molecule has 3 nitrogen and oxygen atoms in total. The van der Waals surface area contributed by atoms with E-state index in [0.717, 1.165) is 28.9 Å². The number of aldehydes is 1. The molecule has 0 fully saturated rings. The Bertz CT molecular complexity index is 781. The zero-order valence-electron chi connectivity index (χ0n) is 12.5. The van der Waals surface area contributed by atoms with E-state index in [1.54, 1.807) is 0 Å². The van der Waals surface area contributed by atoms with Crippen molar-refractivity contribution in [3.05, 3.63) is 47.1 Å². The van der Waals surface area contributed by atoms with E-state index in [1.807, 2.05) is 16.0 Å². The van der Waals surface area contributed by atoms with Crippen LogP contribution in [-0.4, -0.2) is 15.7 Å². The van der Waals surface area contributed by atoms with Crippen LogP contribution in [-0.2, 0) is 5.41 Å². The predicted molar refractivity (Wildman–Crippen MR) is 87.2 cm³/mol. The lowest BCUT2D eigenvalue weighted by Crippen LogP contribution is -2.14. The number of carbonyl (C=O) groups is 1. The van der Waals surface area contributed by atoms with Crippen LogP contribution in [0.4, 0.5) is 0 Å². The number of rotatable bonds is 4. The van der Waals surface area contributed by atoms with E-state index in [9.17, 15) is 4.79 Å². The molecule has 0 spiro atoms. The number of nitrogens with zero attached hydrogens (tertiary/aromatic N) is 2. The number of aromatic nitrogens is 2. The Labute approximate surface area is 128 Å². The molecule has 4 heteroatoms. The second kappa shape index (κ2) is 5.11.